The molecule has 0 saturated carbocycles. The number of aliphatic imine (C=N–C) groups is 1. The SMILES string of the molecule is CO[C@H](CO)C(C=NC(=O)c1cccc(F)c1C(N)=CC(=N)c1ccc(Cl)cc1)Cc1ccccn1. The first kappa shape index (κ1) is 26.9. The maximum absolute atomic E-state index is 14.8. The molecule has 3 aromatic rings. The standard InChI is InChI=1S/C27H26ClFN4O3/c1-36-25(16-34)18(13-20-5-2-3-12-32-20)15-33-27(35)21-6-4-7-22(29)26(21)24(31)14-23(30)17-8-10-19(28)11-9-17/h2-12,14-15,18,25,30,34H,13,16,31H2,1H3/t18?,25-/m1/s1. The Labute approximate surface area is 213 Å². The zero-order valence-electron chi connectivity index (χ0n) is 19.6. The molecule has 7 nitrogen and oxygen atoms in total. The highest BCUT2D eigenvalue weighted by Gasteiger charge is 2.22. The number of nitrogens with one attached hydrogen (secondary N) is 1. The third kappa shape index (κ3) is 6.91. The number of aromatic nitrogens is 1. The number of hydrogen-bond donors (Lipinski definition) is 3. The molecule has 36 heavy (non-hydrogen) atoms. The Morgan fingerprint density at radius 1 is 1.22 bits per heavy atom. The van der Waals surface area contributed by atoms with Crippen LogP contribution in [0.5, 0.6) is 0 Å². The molecule has 0 aliphatic rings. The number of ether oxygens (including phenoxy) is 1. The molecule has 0 radical (unpaired) electrons. The molecule has 0 saturated heterocycles. The van der Waals surface area contributed by atoms with Crippen molar-refractivity contribution < 1.29 is 19.0 Å². The number of rotatable bonds is 10. The largest absolute Gasteiger partial charge is 0.398 e. The molecular formula is C27H26ClFN4O3. The van der Waals surface area contributed by atoms with Gasteiger partial charge in [0.2, 0.25) is 0 Å². The molecule has 0 fully saturated rings. The first-order valence-electron chi connectivity index (χ1n) is 11.1. The lowest BCUT2D eigenvalue weighted by Crippen LogP contribution is -2.30. The van der Waals surface area contributed by atoms with E-state index in [-0.39, 0.29) is 29.1 Å². The minimum absolute atomic E-state index is 0.0237. The van der Waals surface area contributed by atoms with E-state index in [0.717, 1.165) is 5.69 Å². The van der Waals surface area contributed by atoms with Crippen LogP contribution in [-0.2, 0) is 11.2 Å². The first-order valence-corrected chi connectivity index (χ1v) is 11.4. The third-order valence-electron chi connectivity index (χ3n) is 5.50. The number of nitrogens with two attached hydrogens (primary N) is 1. The van der Waals surface area contributed by atoms with Gasteiger partial charge in [0.25, 0.3) is 5.91 Å². The summed E-state index contributed by atoms with van der Waals surface area (Å²) in [5.74, 6) is -1.91. The van der Waals surface area contributed by atoms with Gasteiger partial charge in [0, 0.05) is 47.4 Å². The van der Waals surface area contributed by atoms with Gasteiger partial charge in [-0.25, -0.2) is 9.38 Å². The minimum Gasteiger partial charge on any atom is -0.398 e. The summed E-state index contributed by atoms with van der Waals surface area (Å²) in [6.45, 7) is -0.290. The number of carbonyl (C=O) groups excluding carboxylic acids is 1. The number of benzene rings is 2. The van der Waals surface area contributed by atoms with Crippen LogP contribution in [-0.4, -0.2) is 47.7 Å². The van der Waals surface area contributed by atoms with E-state index in [4.69, 9.17) is 27.5 Å². The van der Waals surface area contributed by atoms with Crippen LogP contribution >= 0.6 is 11.6 Å². The van der Waals surface area contributed by atoms with Crippen LogP contribution in [0, 0.1) is 17.1 Å². The number of pyridine rings is 1. The van der Waals surface area contributed by atoms with Crippen LogP contribution in [0.15, 0.2) is 77.9 Å². The Hall–Kier alpha value is -3.72. The summed E-state index contributed by atoms with van der Waals surface area (Å²) >= 11 is 5.89. The molecule has 0 aliphatic carbocycles. The fraction of sp³-hybridized carbons (Fsp3) is 0.185. The van der Waals surface area contributed by atoms with E-state index in [0.29, 0.717) is 17.0 Å². The number of aliphatic hydroxyl groups excluding tert-OH is 1. The number of allylic oxidation sites excluding steroid dienone is 1. The lowest BCUT2D eigenvalue weighted by Gasteiger charge is -2.20. The summed E-state index contributed by atoms with van der Waals surface area (Å²) in [5.41, 5.74) is 7.12. The van der Waals surface area contributed by atoms with Gasteiger partial charge in [0.1, 0.15) is 5.82 Å². The van der Waals surface area contributed by atoms with Gasteiger partial charge in [-0.1, -0.05) is 35.9 Å². The highest BCUT2D eigenvalue weighted by molar-refractivity contribution is 6.30. The monoisotopic (exact) mass is 508 g/mol. The predicted molar refractivity (Wildman–Crippen MR) is 139 cm³/mol. The number of halogens is 2. The zero-order valence-corrected chi connectivity index (χ0v) is 20.3. The molecule has 4 N–H and O–H groups in total. The average Bonchev–Trinajstić information content (AvgIpc) is 2.88. The molecule has 2 aromatic carbocycles. The van der Waals surface area contributed by atoms with Crippen molar-refractivity contribution >= 4 is 35.1 Å². The van der Waals surface area contributed by atoms with E-state index >= 15 is 0 Å². The zero-order chi connectivity index (χ0) is 26.1. The van der Waals surface area contributed by atoms with E-state index in [1.165, 1.54) is 37.6 Å². The van der Waals surface area contributed by atoms with Gasteiger partial charge in [-0.05, 0) is 54.5 Å². The van der Waals surface area contributed by atoms with Crippen LogP contribution < -0.4 is 5.73 Å². The van der Waals surface area contributed by atoms with E-state index < -0.39 is 23.7 Å². The van der Waals surface area contributed by atoms with Gasteiger partial charge in [0.15, 0.2) is 0 Å². The van der Waals surface area contributed by atoms with Crippen molar-refractivity contribution in [2.45, 2.75) is 12.5 Å². The molecule has 186 valence electrons. The summed E-state index contributed by atoms with van der Waals surface area (Å²) in [4.78, 5) is 21.4. The minimum atomic E-state index is -0.724. The van der Waals surface area contributed by atoms with Gasteiger partial charge in [-0.2, -0.15) is 0 Å². The molecule has 1 aromatic heterocycles. The Balaban J connectivity index is 1.90. The summed E-state index contributed by atoms with van der Waals surface area (Å²) in [7, 11) is 1.45. The topological polar surface area (TPSA) is 122 Å². The summed E-state index contributed by atoms with van der Waals surface area (Å²) in [6, 6.07) is 16.0. The molecule has 0 aliphatic heterocycles. The van der Waals surface area contributed by atoms with E-state index in [1.807, 2.05) is 12.1 Å². The van der Waals surface area contributed by atoms with E-state index in [1.54, 1.807) is 36.5 Å². The van der Waals surface area contributed by atoms with Crippen LogP contribution in [0.4, 0.5) is 4.39 Å². The Morgan fingerprint density at radius 2 is 1.97 bits per heavy atom. The highest BCUT2D eigenvalue weighted by Crippen LogP contribution is 2.22. The first-order chi connectivity index (χ1) is 17.3. The van der Waals surface area contributed by atoms with Gasteiger partial charge in [-0.3, -0.25) is 9.78 Å². The fourth-order valence-corrected chi connectivity index (χ4v) is 3.72. The van der Waals surface area contributed by atoms with Crippen molar-refractivity contribution in [2.24, 2.45) is 16.6 Å². The molecule has 0 spiro atoms. The molecule has 0 bridgehead atoms. The molecule has 1 unspecified atom stereocenters. The molecular weight excluding hydrogens is 483 g/mol. The van der Waals surface area contributed by atoms with Crippen molar-refractivity contribution in [1.82, 2.24) is 4.98 Å². The van der Waals surface area contributed by atoms with Gasteiger partial charge in [0.05, 0.1) is 24.0 Å². The van der Waals surface area contributed by atoms with Crippen molar-refractivity contribution in [3.63, 3.8) is 0 Å². The number of aliphatic hydroxyl groups is 1. The van der Waals surface area contributed by atoms with Crippen LogP contribution in [0.2, 0.25) is 5.02 Å². The van der Waals surface area contributed by atoms with Gasteiger partial charge >= 0.3 is 0 Å². The number of amides is 1. The molecule has 3 rings (SSSR count). The second-order valence-corrected chi connectivity index (χ2v) is 8.35. The van der Waals surface area contributed by atoms with Crippen LogP contribution in [0.3, 0.4) is 0 Å². The van der Waals surface area contributed by atoms with E-state index in [2.05, 4.69) is 9.98 Å². The predicted octanol–water partition coefficient (Wildman–Crippen LogP) is 4.32. The van der Waals surface area contributed by atoms with Gasteiger partial charge in [-0.15, -0.1) is 0 Å². The van der Waals surface area contributed by atoms with Crippen molar-refractivity contribution in [1.29, 1.82) is 5.41 Å². The van der Waals surface area contributed by atoms with Crippen molar-refractivity contribution in [3.8, 4) is 0 Å². The second-order valence-electron chi connectivity index (χ2n) is 7.91. The van der Waals surface area contributed by atoms with Crippen molar-refractivity contribution in [2.75, 3.05) is 13.7 Å². The normalized spacial score (nSPS) is 13.5. The fourth-order valence-electron chi connectivity index (χ4n) is 3.59. The number of hydrogen-bond acceptors (Lipinski definition) is 6. The number of methoxy groups -OCH3 is 1. The third-order valence-corrected chi connectivity index (χ3v) is 5.75. The van der Waals surface area contributed by atoms with Gasteiger partial charge < -0.3 is 21.0 Å². The van der Waals surface area contributed by atoms with Crippen LogP contribution in [0.25, 0.3) is 5.70 Å². The Kier molecular flexibility index (Phi) is 9.58. The Morgan fingerprint density at radius 3 is 2.61 bits per heavy atom. The molecule has 2 atom stereocenters. The maximum Gasteiger partial charge on any atom is 0.277 e. The van der Waals surface area contributed by atoms with Crippen molar-refractivity contribution in [3.05, 3.63) is 106 Å². The molecule has 1 amide bonds. The van der Waals surface area contributed by atoms with Crippen LogP contribution in [0.1, 0.15) is 27.2 Å². The lowest BCUT2D eigenvalue weighted by molar-refractivity contribution is 0.0271. The molecule has 9 heteroatoms. The summed E-state index contributed by atoms with van der Waals surface area (Å²) < 4.78 is 20.2. The second kappa shape index (κ2) is 12.8. The Bertz CT molecular complexity index is 1260. The quantitative estimate of drug-likeness (QED) is 0.352. The highest BCUT2D eigenvalue weighted by atomic mass is 35.5. The number of carbonyl (C=O) groups is 1. The smallest absolute Gasteiger partial charge is 0.277 e. The summed E-state index contributed by atoms with van der Waals surface area (Å²) in [5, 5.41) is 18.5. The molecule has 1 heterocycles. The van der Waals surface area contributed by atoms with E-state index in [9.17, 15) is 14.3 Å². The average molecular weight is 509 g/mol. The number of nitrogens with zero attached hydrogens (tertiary/aromatic N) is 2. The lowest BCUT2D eigenvalue weighted by atomic mass is 9.97. The summed E-state index contributed by atoms with van der Waals surface area (Å²) in [6.07, 6.45) is 4.04. The maximum atomic E-state index is 14.8.